The molecule has 2 nitrogen and oxygen atoms in total. The van der Waals surface area contributed by atoms with E-state index in [4.69, 9.17) is 4.74 Å². The van der Waals surface area contributed by atoms with Crippen LogP contribution in [0.25, 0.3) is 0 Å². The number of aryl methyl sites for hydroxylation is 1. The van der Waals surface area contributed by atoms with E-state index in [1.807, 2.05) is 97.0 Å². The summed E-state index contributed by atoms with van der Waals surface area (Å²) in [6.07, 6.45) is 0. The Hall–Kier alpha value is -2.09. The molecule has 2 heteroatoms. The average molecular weight is 314 g/mol. The SMILES string of the molecule is CC.CC.CC.Cc1cccc2c1OC(=O)C2c1ccccc1. The molecule has 0 N–H and O–H groups in total. The van der Waals surface area contributed by atoms with Crippen LogP contribution >= 0.6 is 0 Å². The molecular formula is C21H30O2. The van der Waals surface area contributed by atoms with Crippen molar-refractivity contribution in [3.05, 3.63) is 65.2 Å². The predicted octanol–water partition coefficient (Wildman–Crippen LogP) is 6.12. The molecule has 1 aliphatic heterocycles. The maximum Gasteiger partial charge on any atom is 0.323 e. The van der Waals surface area contributed by atoms with Gasteiger partial charge in [-0.1, -0.05) is 90.1 Å². The molecule has 2 aromatic carbocycles. The van der Waals surface area contributed by atoms with Crippen molar-refractivity contribution in [1.82, 2.24) is 0 Å². The van der Waals surface area contributed by atoms with Gasteiger partial charge in [0.1, 0.15) is 11.7 Å². The number of para-hydroxylation sites is 1. The minimum absolute atomic E-state index is 0.180. The van der Waals surface area contributed by atoms with Gasteiger partial charge in [-0.25, -0.2) is 0 Å². The van der Waals surface area contributed by atoms with E-state index in [2.05, 4.69) is 0 Å². The van der Waals surface area contributed by atoms with Crippen LogP contribution in [0.5, 0.6) is 5.75 Å². The van der Waals surface area contributed by atoms with Crippen molar-refractivity contribution < 1.29 is 9.53 Å². The zero-order valence-electron chi connectivity index (χ0n) is 15.5. The Kier molecular flexibility index (Phi) is 10.4. The fourth-order valence-electron chi connectivity index (χ4n) is 2.29. The van der Waals surface area contributed by atoms with E-state index in [0.717, 1.165) is 22.4 Å². The summed E-state index contributed by atoms with van der Waals surface area (Å²) < 4.78 is 5.37. The van der Waals surface area contributed by atoms with E-state index >= 15 is 0 Å². The van der Waals surface area contributed by atoms with Gasteiger partial charge in [-0.2, -0.15) is 0 Å². The standard InChI is InChI=1S/C15H12O2.3C2H6/c1-10-6-5-9-12-13(15(16)17-14(10)12)11-7-3-2-4-8-11;3*1-2/h2-9,13H,1H3;3*1-2H3. The fourth-order valence-corrected chi connectivity index (χ4v) is 2.29. The van der Waals surface area contributed by atoms with Crippen LogP contribution in [0.3, 0.4) is 0 Å². The first-order valence-electron chi connectivity index (χ1n) is 8.63. The summed E-state index contributed by atoms with van der Waals surface area (Å²) in [5.74, 6) is 0.276. The van der Waals surface area contributed by atoms with Gasteiger partial charge in [-0.05, 0) is 18.1 Å². The van der Waals surface area contributed by atoms with Gasteiger partial charge < -0.3 is 4.74 Å². The summed E-state index contributed by atoms with van der Waals surface area (Å²) in [4.78, 5) is 12.0. The van der Waals surface area contributed by atoms with E-state index in [1.54, 1.807) is 0 Å². The Labute approximate surface area is 141 Å². The predicted molar refractivity (Wildman–Crippen MR) is 99.1 cm³/mol. The van der Waals surface area contributed by atoms with Crippen LogP contribution in [0.4, 0.5) is 0 Å². The number of carbonyl (C=O) groups is 1. The first-order valence-corrected chi connectivity index (χ1v) is 8.63. The molecule has 1 aliphatic rings. The molecule has 0 amide bonds. The smallest absolute Gasteiger partial charge is 0.323 e. The van der Waals surface area contributed by atoms with Crippen molar-refractivity contribution in [3.8, 4) is 5.75 Å². The Morgan fingerprint density at radius 2 is 1.35 bits per heavy atom. The molecule has 0 saturated carbocycles. The highest BCUT2D eigenvalue weighted by Gasteiger charge is 2.34. The second-order valence-corrected chi connectivity index (χ2v) is 4.26. The third-order valence-electron chi connectivity index (χ3n) is 3.12. The van der Waals surface area contributed by atoms with E-state index in [1.165, 1.54) is 0 Å². The summed E-state index contributed by atoms with van der Waals surface area (Å²) in [5.41, 5.74) is 2.97. The van der Waals surface area contributed by atoms with Gasteiger partial charge in [-0.3, -0.25) is 4.79 Å². The first-order chi connectivity index (χ1) is 11.3. The number of rotatable bonds is 1. The van der Waals surface area contributed by atoms with Crippen LogP contribution < -0.4 is 4.74 Å². The van der Waals surface area contributed by atoms with Crippen molar-refractivity contribution in [1.29, 1.82) is 0 Å². The quantitative estimate of drug-likeness (QED) is 0.468. The van der Waals surface area contributed by atoms with Crippen molar-refractivity contribution in [2.24, 2.45) is 0 Å². The van der Waals surface area contributed by atoms with E-state index in [-0.39, 0.29) is 11.9 Å². The molecule has 23 heavy (non-hydrogen) atoms. The third kappa shape index (κ3) is 4.95. The molecular weight excluding hydrogens is 284 g/mol. The number of hydrogen-bond donors (Lipinski definition) is 0. The number of hydrogen-bond acceptors (Lipinski definition) is 2. The molecule has 0 fully saturated rings. The minimum atomic E-state index is -0.272. The molecule has 0 saturated heterocycles. The molecule has 0 radical (unpaired) electrons. The van der Waals surface area contributed by atoms with Crippen LogP contribution in [0, 0.1) is 6.92 Å². The second-order valence-electron chi connectivity index (χ2n) is 4.26. The molecule has 0 aromatic heterocycles. The highest BCUT2D eigenvalue weighted by Crippen LogP contribution is 2.40. The summed E-state index contributed by atoms with van der Waals surface area (Å²) in [6, 6.07) is 15.6. The van der Waals surface area contributed by atoms with Crippen molar-refractivity contribution in [2.45, 2.75) is 54.4 Å². The Morgan fingerprint density at radius 3 is 1.91 bits per heavy atom. The Balaban J connectivity index is 0.000000728. The number of carbonyl (C=O) groups excluding carboxylic acids is 1. The largest absolute Gasteiger partial charge is 0.425 e. The zero-order chi connectivity index (χ0) is 17.8. The molecule has 1 atom stereocenters. The number of fused-ring (bicyclic) bond motifs is 1. The molecule has 0 spiro atoms. The van der Waals surface area contributed by atoms with E-state index < -0.39 is 0 Å². The Bertz CT molecular complexity index is 574. The molecule has 3 rings (SSSR count). The lowest BCUT2D eigenvalue weighted by Gasteiger charge is -2.07. The summed E-state index contributed by atoms with van der Waals surface area (Å²) >= 11 is 0. The molecule has 2 aromatic rings. The molecule has 1 heterocycles. The zero-order valence-corrected chi connectivity index (χ0v) is 15.5. The van der Waals surface area contributed by atoms with Gasteiger partial charge in [0.25, 0.3) is 0 Å². The number of benzene rings is 2. The van der Waals surface area contributed by atoms with Gasteiger partial charge in [0.15, 0.2) is 0 Å². The van der Waals surface area contributed by atoms with E-state index in [9.17, 15) is 4.79 Å². The highest BCUT2D eigenvalue weighted by atomic mass is 16.5. The molecule has 0 aliphatic carbocycles. The van der Waals surface area contributed by atoms with Gasteiger partial charge in [0, 0.05) is 5.56 Å². The lowest BCUT2D eigenvalue weighted by molar-refractivity contribution is -0.133. The summed E-state index contributed by atoms with van der Waals surface area (Å²) in [6.45, 7) is 14.0. The lowest BCUT2D eigenvalue weighted by atomic mass is 9.92. The van der Waals surface area contributed by atoms with Crippen molar-refractivity contribution in [3.63, 3.8) is 0 Å². The normalized spacial score (nSPS) is 13.9. The number of esters is 1. The topological polar surface area (TPSA) is 26.3 Å². The summed E-state index contributed by atoms with van der Waals surface area (Å²) in [5, 5.41) is 0. The minimum Gasteiger partial charge on any atom is -0.425 e. The van der Waals surface area contributed by atoms with Gasteiger partial charge in [0.05, 0.1) is 0 Å². The van der Waals surface area contributed by atoms with Crippen LogP contribution in [0.1, 0.15) is 64.2 Å². The first kappa shape index (κ1) is 20.9. The summed E-state index contributed by atoms with van der Waals surface area (Å²) in [7, 11) is 0. The molecule has 1 unspecified atom stereocenters. The molecule has 0 bridgehead atoms. The fraction of sp³-hybridized carbons (Fsp3) is 0.381. The third-order valence-corrected chi connectivity index (χ3v) is 3.12. The van der Waals surface area contributed by atoms with Crippen LogP contribution in [0.15, 0.2) is 48.5 Å². The van der Waals surface area contributed by atoms with Gasteiger partial charge in [-0.15, -0.1) is 0 Å². The Morgan fingerprint density at radius 1 is 0.783 bits per heavy atom. The molecule has 126 valence electrons. The van der Waals surface area contributed by atoms with Gasteiger partial charge >= 0.3 is 5.97 Å². The second kappa shape index (κ2) is 11.5. The lowest BCUT2D eigenvalue weighted by Crippen LogP contribution is -2.11. The van der Waals surface area contributed by atoms with Crippen LogP contribution in [-0.4, -0.2) is 5.97 Å². The highest BCUT2D eigenvalue weighted by molar-refractivity contribution is 5.89. The monoisotopic (exact) mass is 314 g/mol. The van der Waals surface area contributed by atoms with Gasteiger partial charge in [0.2, 0.25) is 0 Å². The maximum absolute atomic E-state index is 12.0. The van der Waals surface area contributed by atoms with Crippen molar-refractivity contribution >= 4 is 5.97 Å². The van der Waals surface area contributed by atoms with Crippen LogP contribution in [-0.2, 0) is 4.79 Å². The number of ether oxygens (including phenoxy) is 1. The van der Waals surface area contributed by atoms with Crippen molar-refractivity contribution in [2.75, 3.05) is 0 Å². The van der Waals surface area contributed by atoms with E-state index in [0.29, 0.717) is 0 Å². The van der Waals surface area contributed by atoms with Crippen LogP contribution in [0.2, 0.25) is 0 Å². The maximum atomic E-state index is 12.0. The average Bonchev–Trinajstić information content (AvgIpc) is 2.98.